The summed E-state index contributed by atoms with van der Waals surface area (Å²) in [5, 5.41) is 9.33. The number of carboxylic acid groups (broad SMARTS) is 1. The minimum atomic E-state index is -0.827. The van der Waals surface area contributed by atoms with Gasteiger partial charge in [-0.1, -0.05) is 68.4 Å². The smallest absolute Gasteiger partial charge is 0.407 e. The van der Waals surface area contributed by atoms with Crippen molar-refractivity contribution in [1.29, 1.82) is 0 Å². The van der Waals surface area contributed by atoms with E-state index in [2.05, 4.69) is 47.9 Å². The molecule has 2 atom stereocenters. The van der Waals surface area contributed by atoms with Gasteiger partial charge < -0.3 is 14.9 Å². The highest BCUT2D eigenvalue weighted by Crippen LogP contribution is 2.53. The number of alkyl halides is 1. The molecule has 1 N–H and O–H groups in total. The molecule has 2 aliphatic heterocycles. The van der Waals surface area contributed by atoms with Gasteiger partial charge in [-0.25, -0.2) is 4.79 Å². The van der Waals surface area contributed by atoms with Crippen molar-refractivity contribution >= 4 is 23.6 Å². The number of piperazine rings is 1. The summed E-state index contributed by atoms with van der Waals surface area (Å²) in [7, 11) is 0. The van der Waals surface area contributed by atoms with Crippen LogP contribution in [0.25, 0.3) is 0 Å². The minimum absolute atomic E-state index is 0.0590. The van der Waals surface area contributed by atoms with E-state index in [-0.39, 0.29) is 28.9 Å². The Bertz CT molecular complexity index is 1090. The van der Waals surface area contributed by atoms with Gasteiger partial charge in [0.25, 0.3) is 0 Å². The summed E-state index contributed by atoms with van der Waals surface area (Å²) >= 11 is 6.94. The second kappa shape index (κ2) is 10.1. The zero-order valence-electron chi connectivity index (χ0n) is 21.1. The quantitative estimate of drug-likeness (QED) is 0.405. The van der Waals surface area contributed by atoms with Crippen LogP contribution in [0.15, 0.2) is 54.6 Å². The average Bonchev–Trinajstić information content (AvgIpc) is 2.87. The van der Waals surface area contributed by atoms with Crippen molar-refractivity contribution in [3.8, 4) is 0 Å². The third kappa shape index (κ3) is 4.73. The average molecular weight is 510 g/mol. The summed E-state index contributed by atoms with van der Waals surface area (Å²) in [6.07, 6.45) is 2.85. The normalized spacial score (nSPS) is 23.7. The third-order valence-corrected chi connectivity index (χ3v) is 9.10. The van der Waals surface area contributed by atoms with Gasteiger partial charge in [0.05, 0.1) is 12.6 Å². The monoisotopic (exact) mass is 509 g/mol. The molecular weight excluding hydrogens is 474 g/mol. The molecule has 1 aliphatic carbocycles. The SMILES string of the molecule is CC(C)c1ccccc1C1CN(C(Cl)c2ccccc2)CC(=O)N1C1CC2(CCN(C(=O)O)CC2)C1. The van der Waals surface area contributed by atoms with Crippen molar-refractivity contribution < 1.29 is 14.7 Å². The first-order valence-corrected chi connectivity index (χ1v) is 13.5. The largest absolute Gasteiger partial charge is 0.465 e. The van der Waals surface area contributed by atoms with Crippen LogP contribution < -0.4 is 0 Å². The van der Waals surface area contributed by atoms with Crippen LogP contribution in [0, 0.1) is 5.41 Å². The van der Waals surface area contributed by atoms with E-state index < -0.39 is 6.09 Å². The van der Waals surface area contributed by atoms with Crippen LogP contribution >= 0.6 is 11.6 Å². The number of halogens is 1. The summed E-state index contributed by atoms with van der Waals surface area (Å²) in [5.74, 6) is 0.483. The van der Waals surface area contributed by atoms with Crippen molar-refractivity contribution in [3.63, 3.8) is 0 Å². The topological polar surface area (TPSA) is 64.1 Å². The van der Waals surface area contributed by atoms with Gasteiger partial charge in [-0.15, -0.1) is 11.6 Å². The molecule has 36 heavy (non-hydrogen) atoms. The van der Waals surface area contributed by atoms with Gasteiger partial charge in [0, 0.05) is 25.7 Å². The highest BCUT2D eigenvalue weighted by molar-refractivity contribution is 6.20. The van der Waals surface area contributed by atoms with E-state index in [0.717, 1.165) is 31.2 Å². The zero-order chi connectivity index (χ0) is 25.4. The molecule has 1 saturated carbocycles. The van der Waals surface area contributed by atoms with E-state index in [0.29, 0.717) is 32.1 Å². The van der Waals surface area contributed by atoms with Crippen LogP contribution in [0.1, 0.15) is 73.7 Å². The first-order valence-electron chi connectivity index (χ1n) is 13.1. The highest BCUT2D eigenvalue weighted by Gasteiger charge is 2.52. The number of likely N-dealkylation sites (tertiary alicyclic amines) is 1. The summed E-state index contributed by atoms with van der Waals surface area (Å²) in [4.78, 5) is 30.9. The number of carbonyl (C=O) groups excluding carboxylic acids is 1. The second-order valence-electron chi connectivity index (χ2n) is 11.1. The lowest BCUT2D eigenvalue weighted by atomic mass is 9.59. The Morgan fingerprint density at radius 1 is 1.03 bits per heavy atom. The first kappa shape index (κ1) is 25.1. The Morgan fingerprint density at radius 3 is 2.31 bits per heavy atom. The van der Waals surface area contributed by atoms with Gasteiger partial charge in [0.2, 0.25) is 5.91 Å². The third-order valence-electron chi connectivity index (χ3n) is 8.57. The molecule has 192 valence electrons. The number of carbonyl (C=O) groups is 2. The molecule has 2 unspecified atom stereocenters. The molecule has 7 heteroatoms. The Morgan fingerprint density at radius 2 is 1.67 bits per heavy atom. The Hall–Kier alpha value is -2.57. The molecule has 5 rings (SSSR count). The molecule has 2 aromatic carbocycles. The van der Waals surface area contributed by atoms with Gasteiger partial charge in [-0.05, 0) is 53.7 Å². The minimum Gasteiger partial charge on any atom is -0.465 e. The van der Waals surface area contributed by atoms with Crippen molar-refractivity contribution in [2.75, 3.05) is 26.2 Å². The fourth-order valence-electron chi connectivity index (χ4n) is 6.56. The van der Waals surface area contributed by atoms with Crippen molar-refractivity contribution in [2.24, 2.45) is 5.41 Å². The van der Waals surface area contributed by atoms with Gasteiger partial charge in [-0.3, -0.25) is 9.69 Å². The van der Waals surface area contributed by atoms with E-state index in [1.807, 2.05) is 30.3 Å². The van der Waals surface area contributed by atoms with Gasteiger partial charge >= 0.3 is 6.09 Å². The van der Waals surface area contributed by atoms with Gasteiger partial charge in [0.15, 0.2) is 0 Å². The molecule has 3 aliphatic rings. The summed E-state index contributed by atoms with van der Waals surface area (Å²) < 4.78 is 0. The molecule has 2 amide bonds. The number of piperidine rings is 1. The summed E-state index contributed by atoms with van der Waals surface area (Å²) in [5.41, 5.74) is 3.29. The molecule has 2 heterocycles. The zero-order valence-corrected chi connectivity index (χ0v) is 21.9. The summed E-state index contributed by atoms with van der Waals surface area (Å²) in [6.45, 7) is 6.58. The number of nitrogens with zero attached hydrogens (tertiary/aromatic N) is 3. The molecule has 0 radical (unpaired) electrons. The Kier molecular flexibility index (Phi) is 7.01. The lowest BCUT2D eigenvalue weighted by Gasteiger charge is -2.58. The first-order chi connectivity index (χ1) is 17.3. The maximum atomic E-state index is 13.8. The molecule has 2 aromatic rings. The van der Waals surface area contributed by atoms with Crippen LogP contribution in [-0.4, -0.2) is 64.0 Å². The number of amides is 2. The van der Waals surface area contributed by atoms with E-state index in [9.17, 15) is 14.7 Å². The Balaban J connectivity index is 1.40. The summed E-state index contributed by atoms with van der Waals surface area (Å²) in [6, 6.07) is 18.6. The van der Waals surface area contributed by atoms with E-state index >= 15 is 0 Å². The fraction of sp³-hybridized carbons (Fsp3) is 0.517. The van der Waals surface area contributed by atoms with E-state index in [1.54, 1.807) is 0 Å². The maximum Gasteiger partial charge on any atom is 0.407 e. The fourth-order valence-corrected chi connectivity index (χ4v) is 6.86. The molecule has 1 spiro atoms. The second-order valence-corrected chi connectivity index (χ2v) is 11.5. The molecule has 3 fully saturated rings. The van der Waals surface area contributed by atoms with E-state index in [1.165, 1.54) is 16.0 Å². The predicted molar refractivity (Wildman–Crippen MR) is 141 cm³/mol. The van der Waals surface area contributed by atoms with Crippen molar-refractivity contribution in [1.82, 2.24) is 14.7 Å². The lowest BCUT2D eigenvalue weighted by molar-refractivity contribution is -0.153. The van der Waals surface area contributed by atoms with Crippen LogP contribution in [0.3, 0.4) is 0 Å². The van der Waals surface area contributed by atoms with Crippen LogP contribution in [-0.2, 0) is 4.79 Å². The molecular formula is C29H36ClN3O3. The van der Waals surface area contributed by atoms with E-state index in [4.69, 9.17) is 11.6 Å². The predicted octanol–water partition coefficient (Wildman–Crippen LogP) is 5.86. The number of benzene rings is 2. The Labute approximate surface area is 218 Å². The number of rotatable bonds is 5. The maximum absolute atomic E-state index is 13.8. The number of hydrogen-bond acceptors (Lipinski definition) is 3. The highest BCUT2D eigenvalue weighted by atomic mass is 35.5. The standard InChI is InChI=1S/C29H36ClN3O3/c1-20(2)23-10-6-7-11-24(23)25-18-32(27(30)21-8-4-3-5-9-21)19-26(34)33(25)22-16-29(17-22)12-14-31(15-13-29)28(35)36/h3-11,20,22,25,27H,12-19H2,1-2H3,(H,35,36). The van der Waals surface area contributed by atoms with Crippen LogP contribution in [0.2, 0.25) is 0 Å². The van der Waals surface area contributed by atoms with Crippen LogP contribution in [0.4, 0.5) is 4.79 Å². The molecule has 6 nitrogen and oxygen atoms in total. The van der Waals surface area contributed by atoms with Crippen LogP contribution in [0.5, 0.6) is 0 Å². The van der Waals surface area contributed by atoms with Crippen molar-refractivity contribution in [3.05, 3.63) is 71.3 Å². The molecule has 2 saturated heterocycles. The molecule has 0 aromatic heterocycles. The van der Waals surface area contributed by atoms with Gasteiger partial charge in [-0.2, -0.15) is 0 Å². The molecule has 0 bridgehead atoms. The number of hydrogen-bond donors (Lipinski definition) is 1. The van der Waals surface area contributed by atoms with Gasteiger partial charge in [0.1, 0.15) is 5.50 Å². The van der Waals surface area contributed by atoms with Crippen molar-refractivity contribution in [2.45, 2.75) is 63.0 Å². The lowest BCUT2D eigenvalue weighted by Crippen LogP contribution is -2.62.